The van der Waals surface area contributed by atoms with E-state index in [-0.39, 0.29) is 40.1 Å². The Morgan fingerprint density at radius 3 is 1.23 bits per heavy atom. The van der Waals surface area contributed by atoms with Gasteiger partial charge in [-0.3, -0.25) is 0 Å². The summed E-state index contributed by atoms with van der Waals surface area (Å²) in [6, 6.07) is 0. The summed E-state index contributed by atoms with van der Waals surface area (Å²) < 4.78 is 0. The van der Waals surface area contributed by atoms with Crippen molar-refractivity contribution in [1.82, 2.24) is 4.90 Å². The molecule has 0 amide bonds. The van der Waals surface area contributed by atoms with Gasteiger partial charge in [-0.15, -0.1) is 13.1 Å². The van der Waals surface area contributed by atoms with Gasteiger partial charge in [-0.1, -0.05) is 27.7 Å². The normalized spacial score (nSPS) is 6.46. The molecule has 0 unspecified atom stereocenters. The van der Waals surface area contributed by atoms with Gasteiger partial charge in [0, 0.05) is 32.7 Å². The Bertz CT molecular complexity index is 39.9. The zero-order chi connectivity index (χ0) is 9.70. The maximum Gasteiger partial charge on any atom is 0 e. The molecule has 0 aliphatic rings. The average Bonchev–Trinajstić information content (AvgIpc) is 2.08. The first-order valence-electron chi connectivity index (χ1n) is 4.07. The van der Waals surface area contributed by atoms with Crippen LogP contribution in [0.4, 0.5) is 0 Å². The minimum Gasteiger partial charge on any atom is -0.365 e. The van der Waals surface area contributed by atoms with Crippen LogP contribution in [0.15, 0.2) is 0 Å². The van der Waals surface area contributed by atoms with Crippen molar-refractivity contribution >= 4 is 0 Å². The monoisotopic (exact) mass is 265 g/mol. The maximum atomic E-state index is 4.50. The molecular formula is C10H28N2Y-2. The van der Waals surface area contributed by atoms with Crippen LogP contribution < -0.4 is 5.73 Å². The molecule has 2 N–H and O–H groups in total. The summed E-state index contributed by atoms with van der Waals surface area (Å²) in [5.74, 6) is 0. The summed E-state index contributed by atoms with van der Waals surface area (Å²) in [4.78, 5) is 2.03. The summed E-state index contributed by atoms with van der Waals surface area (Å²) in [6.45, 7) is 13.2. The van der Waals surface area contributed by atoms with Crippen LogP contribution in [-0.4, -0.2) is 32.1 Å². The van der Waals surface area contributed by atoms with Crippen LogP contribution in [0.5, 0.6) is 0 Å². The molecule has 0 saturated heterocycles. The van der Waals surface area contributed by atoms with E-state index in [9.17, 15) is 0 Å². The van der Waals surface area contributed by atoms with Gasteiger partial charge >= 0.3 is 0 Å². The van der Waals surface area contributed by atoms with Gasteiger partial charge in [-0.2, -0.15) is 0 Å². The van der Waals surface area contributed by atoms with Crippen LogP contribution in [0.25, 0.3) is 0 Å². The SMILES string of the molecule is C.CCC.CN.[CH2-]CN(C)C[CH2-].[Y]. The summed E-state index contributed by atoms with van der Waals surface area (Å²) in [6.07, 6.45) is 1.25. The van der Waals surface area contributed by atoms with Crippen molar-refractivity contribution in [1.29, 1.82) is 0 Å². The number of rotatable bonds is 2. The van der Waals surface area contributed by atoms with Gasteiger partial charge in [-0.05, 0) is 14.1 Å². The van der Waals surface area contributed by atoms with Gasteiger partial charge in [0.2, 0.25) is 0 Å². The van der Waals surface area contributed by atoms with Gasteiger partial charge in [-0.25, -0.2) is 0 Å². The summed E-state index contributed by atoms with van der Waals surface area (Å²) in [7, 11) is 3.49. The van der Waals surface area contributed by atoms with Crippen LogP contribution in [0.2, 0.25) is 0 Å². The summed E-state index contributed by atoms with van der Waals surface area (Å²) in [5.41, 5.74) is 4.50. The van der Waals surface area contributed by atoms with E-state index in [1.54, 1.807) is 0 Å². The minimum atomic E-state index is 0. The van der Waals surface area contributed by atoms with Crippen LogP contribution in [-0.2, 0) is 32.7 Å². The number of nitrogens with zero attached hydrogens (tertiary/aromatic N) is 1. The smallest absolute Gasteiger partial charge is 0 e. The van der Waals surface area contributed by atoms with Crippen LogP contribution in [0.1, 0.15) is 27.7 Å². The van der Waals surface area contributed by atoms with E-state index in [2.05, 4.69) is 33.4 Å². The maximum absolute atomic E-state index is 4.50. The van der Waals surface area contributed by atoms with Crippen molar-refractivity contribution < 1.29 is 32.7 Å². The molecule has 0 saturated carbocycles. The average molecular weight is 265 g/mol. The van der Waals surface area contributed by atoms with Gasteiger partial charge < -0.3 is 24.5 Å². The van der Waals surface area contributed by atoms with E-state index in [1.165, 1.54) is 13.5 Å². The zero-order valence-corrected chi connectivity index (χ0v) is 12.0. The topological polar surface area (TPSA) is 29.3 Å². The van der Waals surface area contributed by atoms with E-state index in [0.29, 0.717) is 0 Å². The fourth-order valence-corrected chi connectivity index (χ4v) is 0.112. The van der Waals surface area contributed by atoms with Crippen molar-refractivity contribution in [2.75, 3.05) is 27.2 Å². The largest absolute Gasteiger partial charge is 0.365 e. The Kier molecular flexibility index (Phi) is 85.8. The third-order valence-electron chi connectivity index (χ3n) is 0.763. The van der Waals surface area contributed by atoms with E-state index in [4.69, 9.17) is 0 Å². The molecule has 83 valence electrons. The molecule has 0 heterocycles. The second-order valence-corrected chi connectivity index (χ2v) is 2.01. The van der Waals surface area contributed by atoms with Crippen molar-refractivity contribution in [3.05, 3.63) is 13.8 Å². The molecule has 0 aromatic rings. The first-order chi connectivity index (χ1) is 5.22. The number of hydrogen-bond donors (Lipinski definition) is 1. The predicted octanol–water partition coefficient (Wildman–Crippen LogP) is 2.21. The molecule has 13 heavy (non-hydrogen) atoms. The molecule has 0 spiro atoms. The van der Waals surface area contributed by atoms with Crippen molar-refractivity contribution in [2.45, 2.75) is 27.7 Å². The Hall–Kier alpha value is 1.02. The fourth-order valence-electron chi connectivity index (χ4n) is 0.112. The van der Waals surface area contributed by atoms with Gasteiger partial charge in [0.05, 0.1) is 0 Å². The van der Waals surface area contributed by atoms with Crippen molar-refractivity contribution in [2.24, 2.45) is 5.73 Å². The summed E-state index contributed by atoms with van der Waals surface area (Å²) >= 11 is 0. The molecule has 0 aliphatic heterocycles. The Labute approximate surface area is 112 Å². The van der Waals surface area contributed by atoms with Gasteiger partial charge in [0.15, 0.2) is 0 Å². The van der Waals surface area contributed by atoms with E-state index in [1.807, 2.05) is 11.9 Å². The molecule has 0 aliphatic carbocycles. The fraction of sp³-hybridized carbons (Fsp3) is 0.800. The third-order valence-corrected chi connectivity index (χ3v) is 0.763. The second-order valence-electron chi connectivity index (χ2n) is 2.01. The minimum absolute atomic E-state index is 0. The van der Waals surface area contributed by atoms with Crippen LogP contribution in [0.3, 0.4) is 0 Å². The van der Waals surface area contributed by atoms with E-state index < -0.39 is 0 Å². The summed E-state index contributed by atoms with van der Waals surface area (Å²) in [5, 5.41) is 0. The standard InChI is InChI=1S/C5H11N.C3H8.CH5N.CH4.Y/c1-4-6(3)5-2;1-3-2;1-2;;/h1-2,4-5H2,3H3;3H2,1-2H3;2H2,1H3;1H4;/q-2;;;;. The van der Waals surface area contributed by atoms with Crippen LogP contribution in [0, 0.1) is 13.8 Å². The van der Waals surface area contributed by atoms with E-state index >= 15 is 0 Å². The molecule has 1 radical (unpaired) electrons. The first kappa shape index (κ1) is 29.2. The van der Waals surface area contributed by atoms with Crippen LogP contribution >= 0.6 is 0 Å². The molecule has 0 bridgehead atoms. The quantitative estimate of drug-likeness (QED) is 0.776. The Morgan fingerprint density at radius 1 is 1.08 bits per heavy atom. The van der Waals surface area contributed by atoms with Gasteiger partial charge in [0.25, 0.3) is 0 Å². The molecule has 0 aromatic heterocycles. The Morgan fingerprint density at radius 2 is 1.23 bits per heavy atom. The number of hydrogen-bond acceptors (Lipinski definition) is 2. The Balaban J connectivity index is -0.0000000268. The van der Waals surface area contributed by atoms with Gasteiger partial charge in [0.1, 0.15) is 0 Å². The van der Waals surface area contributed by atoms with Crippen molar-refractivity contribution in [3.8, 4) is 0 Å². The molecule has 0 rings (SSSR count). The molecule has 0 aromatic carbocycles. The zero-order valence-electron chi connectivity index (χ0n) is 9.14. The molecule has 3 heteroatoms. The van der Waals surface area contributed by atoms with E-state index in [0.717, 1.165) is 13.1 Å². The predicted molar refractivity (Wildman–Crippen MR) is 61.0 cm³/mol. The molecular weight excluding hydrogens is 237 g/mol. The second kappa shape index (κ2) is 38.2. The first-order valence-corrected chi connectivity index (χ1v) is 4.07. The molecule has 0 atom stereocenters. The van der Waals surface area contributed by atoms with Crippen molar-refractivity contribution in [3.63, 3.8) is 0 Å². The molecule has 0 fully saturated rings. The third kappa shape index (κ3) is 62.7. The number of nitrogens with two attached hydrogens (primary N) is 1. The molecule has 2 nitrogen and oxygen atoms in total.